The highest BCUT2D eigenvalue weighted by Gasteiger charge is 2.19. The molecule has 0 N–H and O–H groups in total. The third kappa shape index (κ3) is 51.7. The molecule has 0 radical (unpaired) electrons. The van der Waals surface area contributed by atoms with Gasteiger partial charge in [-0.1, -0.05) is 209 Å². The topological polar surface area (TPSA) is 78.9 Å². The Morgan fingerprint density at radius 3 is 0.969 bits per heavy atom. The van der Waals surface area contributed by atoms with E-state index in [4.69, 9.17) is 14.2 Å². The maximum absolute atomic E-state index is 12.8. The minimum atomic E-state index is -0.793. The summed E-state index contributed by atoms with van der Waals surface area (Å²) in [6, 6.07) is 0. The van der Waals surface area contributed by atoms with Crippen molar-refractivity contribution in [3.05, 3.63) is 72.9 Å². The average Bonchev–Trinajstić information content (AvgIpc) is 3.30. The molecule has 0 aliphatic heterocycles. The van der Waals surface area contributed by atoms with Crippen molar-refractivity contribution >= 4 is 17.9 Å². The van der Waals surface area contributed by atoms with Gasteiger partial charge in [-0.05, 0) is 109 Å². The molecule has 0 saturated carbocycles. The number of unbranched alkanes of at least 4 members (excludes halogenated alkanes) is 26. The van der Waals surface area contributed by atoms with E-state index in [0.29, 0.717) is 19.3 Å². The first-order valence-corrected chi connectivity index (χ1v) is 27.4. The van der Waals surface area contributed by atoms with Crippen LogP contribution in [0, 0.1) is 0 Å². The van der Waals surface area contributed by atoms with Crippen molar-refractivity contribution in [3.63, 3.8) is 0 Å². The number of rotatable bonds is 49. The number of esters is 3. The Morgan fingerprint density at radius 1 is 0.323 bits per heavy atom. The van der Waals surface area contributed by atoms with Crippen LogP contribution in [-0.4, -0.2) is 37.2 Å². The van der Waals surface area contributed by atoms with E-state index in [2.05, 4.69) is 93.7 Å². The van der Waals surface area contributed by atoms with Gasteiger partial charge in [-0.3, -0.25) is 14.4 Å². The summed E-state index contributed by atoms with van der Waals surface area (Å²) < 4.78 is 16.8. The molecule has 0 aromatic heterocycles. The number of carbonyl (C=O) groups is 3. The van der Waals surface area contributed by atoms with Gasteiger partial charge >= 0.3 is 17.9 Å². The summed E-state index contributed by atoms with van der Waals surface area (Å²) >= 11 is 0. The zero-order valence-electron chi connectivity index (χ0n) is 42.7. The van der Waals surface area contributed by atoms with Crippen LogP contribution in [0.15, 0.2) is 72.9 Å². The monoisotopic (exact) mass is 907 g/mol. The van der Waals surface area contributed by atoms with E-state index >= 15 is 0 Å². The van der Waals surface area contributed by atoms with E-state index in [9.17, 15) is 14.4 Å². The summed E-state index contributed by atoms with van der Waals surface area (Å²) in [6.45, 7) is 6.48. The van der Waals surface area contributed by atoms with Gasteiger partial charge in [0.2, 0.25) is 0 Å². The minimum absolute atomic E-state index is 0.0915. The van der Waals surface area contributed by atoms with E-state index in [1.807, 2.05) is 0 Å². The molecule has 374 valence electrons. The third-order valence-corrected chi connectivity index (χ3v) is 11.7. The fraction of sp³-hybridized carbons (Fsp3) is 0.746. The number of allylic oxidation sites excluding steroid dienone is 12. The van der Waals surface area contributed by atoms with Crippen LogP contribution in [-0.2, 0) is 28.6 Å². The molecule has 65 heavy (non-hydrogen) atoms. The summed E-state index contributed by atoms with van der Waals surface area (Å²) in [4.78, 5) is 38.1. The first-order valence-electron chi connectivity index (χ1n) is 27.4. The van der Waals surface area contributed by atoms with Crippen molar-refractivity contribution in [1.82, 2.24) is 0 Å². The molecule has 0 rings (SSSR count). The molecular formula is C59H102O6. The maximum atomic E-state index is 12.8. The Morgan fingerprint density at radius 2 is 0.600 bits per heavy atom. The molecule has 0 aromatic rings. The van der Waals surface area contributed by atoms with Crippen LogP contribution >= 0.6 is 0 Å². The predicted octanol–water partition coefficient (Wildman–Crippen LogP) is 18.2. The van der Waals surface area contributed by atoms with Gasteiger partial charge in [0, 0.05) is 19.3 Å². The molecule has 0 aromatic carbocycles. The largest absolute Gasteiger partial charge is 0.462 e. The van der Waals surface area contributed by atoms with Gasteiger partial charge in [-0.15, -0.1) is 0 Å². The lowest BCUT2D eigenvalue weighted by Gasteiger charge is -2.18. The molecule has 0 aliphatic rings. The molecule has 0 aliphatic carbocycles. The number of hydrogen-bond donors (Lipinski definition) is 0. The zero-order valence-corrected chi connectivity index (χ0v) is 42.7. The molecule has 0 fully saturated rings. The Kier molecular flexibility index (Phi) is 50.9. The Labute approximate surface area is 402 Å². The van der Waals surface area contributed by atoms with Crippen LogP contribution in [0.4, 0.5) is 0 Å². The van der Waals surface area contributed by atoms with Crippen molar-refractivity contribution < 1.29 is 28.6 Å². The van der Waals surface area contributed by atoms with Gasteiger partial charge in [-0.25, -0.2) is 0 Å². The van der Waals surface area contributed by atoms with Gasteiger partial charge in [0.15, 0.2) is 6.10 Å². The number of ether oxygens (including phenoxy) is 3. The van der Waals surface area contributed by atoms with Gasteiger partial charge in [-0.2, -0.15) is 0 Å². The second-order valence-corrected chi connectivity index (χ2v) is 18.1. The molecule has 0 heterocycles. The number of carbonyl (C=O) groups excluding carboxylic acids is 3. The van der Waals surface area contributed by atoms with E-state index in [1.54, 1.807) is 0 Å². The molecule has 6 heteroatoms. The molecule has 0 spiro atoms. The first-order chi connectivity index (χ1) is 32.0. The van der Waals surface area contributed by atoms with Gasteiger partial charge < -0.3 is 14.2 Å². The summed E-state index contributed by atoms with van der Waals surface area (Å²) in [6.07, 6.45) is 67.4. The van der Waals surface area contributed by atoms with E-state index in [1.165, 1.54) is 96.3 Å². The highest BCUT2D eigenvalue weighted by atomic mass is 16.6. The lowest BCUT2D eigenvalue weighted by atomic mass is 10.1. The fourth-order valence-electron chi connectivity index (χ4n) is 7.54. The fourth-order valence-corrected chi connectivity index (χ4v) is 7.54. The molecule has 6 nitrogen and oxygen atoms in total. The zero-order chi connectivity index (χ0) is 47.2. The van der Waals surface area contributed by atoms with Crippen LogP contribution in [0.25, 0.3) is 0 Å². The second-order valence-electron chi connectivity index (χ2n) is 18.1. The third-order valence-electron chi connectivity index (χ3n) is 11.7. The summed E-state index contributed by atoms with van der Waals surface area (Å²) in [7, 11) is 0. The predicted molar refractivity (Wildman–Crippen MR) is 279 cm³/mol. The smallest absolute Gasteiger partial charge is 0.306 e. The second kappa shape index (κ2) is 53.5. The average molecular weight is 907 g/mol. The quantitative estimate of drug-likeness (QED) is 0.0262. The highest BCUT2D eigenvalue weighted by molar-refractivity contribution is 5.71. The molecule has 1 atom stereocenters. The lowest BCUT2D eigenvalue weighted by molar-refractivity contribution is -0.167. The molecule has 0 bridgehead atoms. The molecule has 0 amide bonds. The Hall–Kier alpha value is -3.15. The van der Waals surface area contributed by atoms with E-state index < -0.39 is 6.10 Å². The lowest BCUT2D eigenvalue weighted by Crippen LogP contribution is -2.30. The Bertz CT molecular complexity index is 1230. The normalized spacial score (nSPS) is 12.6. The van der Waals surface area contributed by atoms with Crippen molar-refractivity contribution in [2.75, 3.05) is 13.2 Å². The van der Waals surface area contributed by atoms with E-state index in [0.717, 1.165) is 128 Å². The highest BCUT2D eigenvalue weighted by Crippen LogP contribution is 2.14. The van der Waals surface area contributed by atoms with Crippen molar-refractivity contribution in [1.29, 1.82) is 0 Å². The van der Waals surface area contributed by atoms with Crippen molar-refractivity contribution in [2.45, 2.75) is 271 Å². The van der Waals surface area contributed by atoms with Crippen LogP contribution in [0.3, 0.4) is 0 Å². The van der Waals surface area contributed by atoms with Crippen LogP contribution in [0.5, 0.6) is 0 Å². The molecule has 0 saturated heterocycles. The van der Waals surface area contributed by atoms with Crippen LogP contribution in [0.2, 0.25) is 0 Å². The summed E-state index contributed by atoms with van der Waals surface area (Å²) in [5, 5.41) is 0. The standard InChI is InChI=1S/C59H102O6/c1-4-7-10-13-16-19-22-25-28-31-34-37-40-43-46-49-52-58(61)64-55-56(54-63-57(60)51-48-45-42-39-36-33-30-27-24-21-18-15-12-9-6-3)65-59(62)53-50-47-44-41-38-35-32-29-26-23-20-17-14-11-8-5-2/h9,12,18-19,21-22,27-32,56H,4-8,10-11,13-17,20,23-26,33-55H2,1-3H3/b12-9-,21-18-,22-19-,30-27-,31-28-,32-29-. The molecule has 1 unspecified atom stereocenters. The Balaban J connectivity index is 4.44. The molecular weight excluding hydrogens is 805 g/mol. The minimum Gasteiger partial charge on any atom is -0.462 e. The van der Waals surface area contributed by atoms with Gasteiger partial charge in [0.1, 0.15) is 13.2 Å². The first kappa shape index (κ1) is 61.9. The maximum Gasteiger partial charge on any atom is 0.306 e. The van der Waals surface area contributed by atoms with Crippen molar-refractivity contribution in [2.24, 2.45) is 0 Å². The SMILES string of the molecule is CC/C=C\C/C=C\C/C=C\CCCCCCCC(=O)OCC(COC(=O)CCCCCCC/C=C\C/C=C\CCCCCC)OC(=O)CCCCCCC/C=C\CCCCCCCCC. The van der Waals surface area contributed by atoms with Crippen molar-refractivity contribution in [3.8, 4) is 0 Å². The van der Waals surface area contributed by atoms with Gasteiger partial charge in [0.25, 0.3) is 0 Å². The van der Waals surface area contributed by atoms with Crippen LogP contribution < -0.4 is 0 Å². The summed E-state index contributed by atoms with van der Waals surface area (Å²) in [5.41, 5.74) is 0. The van der Waals surface area contributed by atoms with E-state index in [-0.39, 0.29) is 31.1 Å². The van der Waals surface area contributed by atoms with Crippen LogP contribution in [0.1, 0.15) is 265 Å². The summed E-state index contributed by atoms with van der Waals surface area (Å²) in [5.74, 6) is -0.925. The number of hydrogen-bond acceptors (Lipinski definition) is 6. The van der Waals surface area contributed by atoms with Gasteiger partial charge in [0.05, 0.1) is 0 Å².